The van der Waals surface area contributed by atoms with Gasteiger partial charge in [-0.15, -0.1) is 0 Å². The molecule has 0 radical (unpaired) electrons. The Labute approximate surface area is 152 Å². The molecule has 1 unspecified atom stereocenters. The van der Waals surface area contributed by atoms with E-state index in [1.807, 2.05) is 13.8 Å². The number of rotatable bonds is 7. The number of ether oxygens (including phenoxy) is 1. The Morgan fingerprint density at radius 2 is 1.96 bits per heavy atom. The normalized spacial score (nSPS) is 12.3. The Kier molecular flexibility index (Phi) is 6.11. The van der Waals surface area contributed by atoms with Gasteiger partial charge in [-0.3, -0.25) is 0 Å². The number of methoxy groups -OCH3 is 1. The maximum Gasteiger partial charge on any atom is 0.328 e. The number of hydrogen-bond acceptors (Lipinski definition) is 8. The van der Waals surface area contributed by atoms with Crippen LogP contribution in [0.2, 0.25) is 0 Å². The van der Waals surface area contributed by atoms with E-state index >= 15 is 0 Å². The number of nitrogens with one attached hydrogen (secondary N) is 2. The highest BCUT2D eigenvalue weighted by molar-refractivity contribution is 7.89. The van der Waals surface area contributed by atoms with Crippen LogP contribution in [0.5, 0.6) is 0 Å². The molecule has 0 aliphatic carbocycles. The lowest BCUT2D eigenvalue weighted by atomic mass is 10.2. The van der Waals surface area contributed by atoms with E-state index in [9.17, 15) is 13.2 Å². The van der Waals surface area contributed by atoms with Gasteiger partial charge in [0.05, 0.1) is 12.0 Å². The molecule has 9 nitrogen and oxygen atoms in total. The van der Waals surface area contributed by atoms with Crippen LogP contribution in [0, 0.1) is 6.92 Å². The lowest BCUT2D eigenvalue weighted by molar-refractivity contribution is -0.141. The SMILES string of the molecule is CCC(Nc1nc(Nc2ccc(S(N)(=O)=O)cc2)ncc1C)C(=O)OC. The fourth-order valence-corrected chi connectivity index (χ4v) is 2.66. The fraction of sp³-hybridized carbons (Fsp3) is 0.312. The molecule has 0 aliphatic heterocycles. The van der Waals surface area contributed by atoms with Gasteiger partial charge in [-0.1, -0.05) is 6.92 Å². The number of carbonyl (C=O) groups is 1. The molecule has 1 aromatic carbocycles. The lowest BCUT2D eigenvalue weighted by Crippen LogP contribution is -2.30. The third-order valence-corrected chi connectivity index (χ3v) is 4.54. The molecule has 0 saturated carbocycles. The number of hydrogen-bond donors (Lipinski definition) is 3. The van der Waals surface area contributed by atoms with Gasteiger partial charge in [0.1, 0.15) is 11.9 Å². The molecule has 1 atom stereocenters. The zero-order chi connectivity index (χ0) is 19.3. The van der Waals surface area contributed by atoms with Crippen LogP contribution < -0.4 is 15.8 Å². The third kappa shape index (κ3) is 4.90. The van der Waals surface area contributed by atoms with Crippen molar-refractivity contribution in [2.45, 2.75) is 31.2 Å². The highest BCUT2D eigenvalue weighted by atomic mass is 32.2. The number of primary sulfonamides is 1. The number of nitrogens with two attached hydrogens (primary N) is 1. The van der Waals surface area contributed by atoms with Crippen molar-refractivity contribution in [3.05, 3.63) is 36.0 Å². The van der Waals surface area contributed by atoms with Gasteiger partial charge < -0.3 is 15.4 Å². The van der Waals surface area contributed by atoms with Crippen LogP contribution >= 0.6 is 0 Å². The molecule has 0 bridgehead atoms. The van der Waals surface area contributed by atoms with Crippen molar-refractivity contribution in [3.63, 3.8) is 0 Å². The smallest absolute Gasteiger partial charge is 0.328 e. The molecule has 10 heteroatoms. The highest BCUT2D eigenvalue weighted by Gasteiger charge is 2.18. The molecular weight excluding hydrogens is 358 g/mol. The van der Waals surface area contributed by atoms with E-state index in [1.165, 1.54) is 19.2 Å². The third-order valence-electron chi connectivity index (χ3n) is 3.62. The van der Waals surface area contributed by atoms with E-state index in [4.69, 9.17) is 9.88 Å². The predicted octanol–water partition coefficient (Wildman–Crippen LogP) is 1.54. The number of aromatic nitrogens is 2. The Bertz CT molecular complexity index is 884. The topological polar surface area (TPSA) is 136 Å². The molecule has 0 saturated heterocycles. The summed E-state index contributed by atoms with van der Waals surface area (Å²) in [6.45, 7) is 3.67. The van der Waals surface area contributed by atoms with Crippen molar-refractivity contribution in [1.82, 2.24) is 9.97 Å². The molecule has 26 heavy (non-hydrogen) atoms. The second-order valence-corrected chi connectivity index (χ2v) is 7.11. The highest BCUT2D eigenvalue weighted by Crippen LogP contribution is 2.19. The van der Waals surface area contributed by atoms with Gasteiger partial charge in [-0.25, -0.2) is 23.3 Å². The zero-order valence-corrected chi connectivity index (χ0v) is 15.5. The number of benzene rings is 1. The first-order chi connectivity index (χ1) is 12.2. The summed E-state index contributed by atoms with van der Waals surface area (Å²) >= 11 is 0. The van der Waals surface area contributed by atoms with E-state index in [-0.39, 0.29) is 10.9 Å². The summed E-state index contributed by atoms with van der Waals surface area (Å²) in [5, 5.41) is 11.1. The van der Waals surface area contributed by atoms with Crippen molar-refractivity contribution >= 4 is 33.4 Å². The number of sulfonamides is 1. The van der Waals surface area contributed by atoms with Gasteiger partial charge in [-0.2, -0.15) is 4.98 Å². The zero-order valence-electron chi connectivity index (χ0n) is 14.7. The summed E-state index contributed by atoms with van der Waals surface area (Å²) in [5.41, 5.74) is 1.36. The largest absolute Gasteiger partial charge is 0.467 e. The first kappa shape index (κ1) is 19.6. The average Bonchev–Trinajstić information content (AvgIpc) is 2.61. The van der Waals surface area contributed by atoms with Gasteiger partial charge in [0, 0.05) is 17.4 Å². The molecule has 1 aromatic heterocycles. The summed E-state index contributed by atoms with van der Waals surface area (Å²) in [6, 6.07) is 5.36. The monoisotopic (exact) mass is 379 g/mol. The summed E-state index contributed by atoms with van der Waals surface area (Å²) in [6.07, 6.45) is 2.15. The molecule has 2 rings (SSSR count). The van der Waals surface area contributed by atoms with Crippen molar-refractivity contribution in [1.29, 1.82) is 0 Å². The van der Waals surface area contributed by atoms with Crippen LogP contribution in [0.25, 0.3) is 0 Å². The van der Waals surface area contributed by atoms with Crippen LogP contribution in [-0.2, 0) is 19.6 Å². The van der Waals surface area contributed by atoms with E-state index < -0.39 is 16.1 Å². The van der Waals surface area contributed by atoms with Gasteiger partial charge in [0.15, 0.2) is 0 Å². The Morgan fingerprint density at radius 3 is 2.50 bits per heavy atom. The molecule has 0 amide bonds. The number of nitrogens with zero attached hydrogens (tertiary/aromatic N) is 2. The van der Waals surface area contributed by atoms with Crippen molar-refractivity contribution in [3.8, 4) is 0 Å². The molecule has 140 valence electrons. The molecular formula is C16H21N5O4S. The standard InChI is InChI=1S/C16H21N5O4S/c1-4-13(15(22)25-3)20-14-10(2)9-18-16(21-14)19-11-5-7-12(8-6-11)26(17,23)24/h5-9,13H,4H2,1-3H3,(H2,17,23,24)(H2,18,19,20,21). The van der Waals surface area contributed by atoms with Gasteiger partial charge in [-0.05, 0) is 37.6 Å². The number of carbonyl (C=O) groups excluding carboxylic acids is 1. The minimum Gasteiger partial charge on any atom is -0.467 e. The fourth-order valence-electron chi connectivity index (χ4n) is 2.14. The second kappa shape index (κ2) is 8.11. The van der Waals surface area contributed by atoms with Crippen molar-refractivity contribution in [2.75, 3.05) is 17.7 Å². The maximum absolute atomic E-state index is 11.7. The average molecular weight is 379 g/mol. The van der Waals surface area contributed by atoms with Crippen LogP contribution in [0.15, 0.2) is 35.4 Å². The van der Waals surface area contributed by atoms with E-state index in [1.54, 1.807) is 18.3 Å². The summed E-state index contributed by atoms with van der Waals surface area (Å²) in [4.78, 5) is 20.3. The van der Waals surface area contributed by atoms with Crippen LogP contribution in [0.1, 0.15) is 18.9 Å². The number of anilines is 3. The Hall–Kier alpha value is -2.72. The van der Waals surface area contributed by atoms with Crippen LogP contribution in [0.3, 0.4) is 0 Å². The van der Waals surface area contributed by atoms with Crippen LogP contribution in [0.4, 0.5) is 17.5 Å². The molecule has 4 N–H and O–H groups in total. The predicted molar refractivity (Wildman–Crippen MR) is 97.6 cm³/mol. The van der Waals surface area contributed by atoms with E-state index in [0.717, 1.165) is 5.56 Å². The summed E-state index contributed by atoms with van der Waals surface area (Å²) in [7, 11) is -2.41. The first-order valence-corrected chi connectivity index (χ1v) is 9.37. The molecule has 2 aromatic rings. The maximum atomic E-state index is 11.7. The molecule has 0 fully saturated rings. The minimum atomic E-state index is -3.74. The molecule has 0 spiro atoms. The summed E-state index contributed by atoms with van der Waals surface area (Å²) < 4.78 is 27.3. The quantitative estimate of drug-likeness (QED) is 0.616. The lowest BCUT2D eigenvalue weighted by Gasteiger charge is -2.17. The number of aryl methyl sites for hydroxylation is 1. The first-order valence-electron chi connectivity index (χ1n) is 7.82. The van der Waals surface area contributed by atoms with Gasteiger partial charge in [0.25, 0.3) is 0 Å². The second-order valence-electron chi connectivity index (χ2n) is 5.55. The van der Waals surface area contributed by atoms with Gasteiger partial charge >= 0.3 is 5.97 Å². The van der Waals surface area contributed by atoms with E-state index in [0.29, 0.717) is 23.9 Å². The van der Waals surface area contributed by atoms with Crippen molar-refractivity contribution < 1.29 is 17.9 Å². The molecule has 0 aliphatic rings. The van der Waals surface area contributed by atoms with Crippen LogP contribution in [-0.4, -0.2) is 37.5 Å². The Morgan fingerprint density at radius 1 is 1.31 bits per heavy atom. The minimum absolute atomic E-state index is 0.0131. The van der Waals surface area contributed by atoms with Gasteiger partial charge in [0.2, 0.25) is 16.0 Å². The van der Waals surface area contributed by atoms with Crippen molar-refractivity contribution in [2.24, 2.45) is 5.14 Å². The van der Waals surface area contributed by atoms with E-state index in [2.05, 4.69) is 20.6 Å². The summed E-state index contributed by atoms with van der Waals surface area (Å²) in [5.74, 6) is 0.417. The number of esters is 1. The molecule has 1 heterocycles. The Balaban J connectivity index is 2.20.